The van der Waals surface area contributed by atoms with Gasteiger partial charge >= 0.3 is 0 Å². The fourth-order valence-electron chi connectivity index (χ4n) is 3.26. The molecule has 0 radical (unpaired) electrons. The lowest BCUT2D eigenvalue weighted by molar-refractivity contribution is -0.128. The maximum absolute atomic E-state index is 12.5. The number of hydrogen-bond acceptors (Lipinski definition) is 6. The maximum Gasteiger partial charge on any atom is 0.233 e. The molecule has 1 saturated heterocycles. The van der Waals surface area contributed by atoms with Crippen LogP contribution in [0.3, 0.4) is 0 Å². The van der Waals surface area contributed by atoms with Crippen molar-refractivity contribution in [1.29, 1.82) is 0 Å². The topological polar surface area (TPSA) is 57.2 Å². The first kappa shape index (κ1) is 20.2. The Balaban J connectivity index is 1.76. The third-order valence-electron chi connectivity index (χ3n) is 4.75. The van der Waals surface area contributed by atoms with Gasteiger partial charge < -0.3 is 23.8 Å². The van der Waals surface area contributed by atoms with Gasteiger partial charge in [0.25, 0.3) is 0 Å². The highest BCUT2D eigenvalue weighted by Crippen LogP contribution is 2.41. The van der Waals surface area contributed by atoms with Crippen LogP contribution in [-0.2, 0) is 11.2 Å². The molecule has 1 atom stereocenters. The van der Waals surface area contributed by atoms with E-state index in [-0.39, 0.29) is 11.3 Å². The van der Waals surface area contributed by atoms with Crippen LogP contribution in [0.2, 0.25) is 0 Å². The van der Waals surface area contributed by atoms with Crippen LogP contribution in [0.25, 0.3) is 0 Å². The first-order valence-electron chi connectivity index (χ1n) is 8.95. The van der Waals surface area contributed by atoms with Crippen molar-refractivity contribution in [2.24, 2.45) is 0 Å². The van der Waals surface area contributed by atoms with E-state index in [4.69, 9.17) is 18.9 Å². The zero-order valence-corrected chi connectivity index (χ0v) is 17.4. The van der Waals surface area contributed by atoms with E-state index in [0.29, 0.717) is 35.3 Å². The van der Waals surface area contributed by atoms with Gasteiger partial charge in [0.1, 0.15) is 5.37 Å². The second kappa shape index (κ2) is 9.10. The van der Waals surface area contributed by atoms with E-state index >= 15 is 0 Å². The number of nitrogens with zero attached hydrogens (tertiary/aromatic N) is 1. The van der Waals surface area contributed by atoms with E-state index in [1.165, 1.54) is 0 Å². The minimum absolute atomic E-state index is 0.0348. The molecule has 0 N–H and O–H groups in total. The molecular formula is C21H25NO5S. The van der Waals surface area contributed by atoms with Gasteiger partial charge in [-0.05, 0) is 41.8 Å². The van der Waals surface area contributed by atoms with Crippen LogP contribution < -0.4 is 18.9 Å². The quantitative estimate of drug-likeness (QED) is 0.672. The summed E-state index contributed by atoms with van der Waals surface area (Å²) in [7, 11) is 6.46. The van der Waals surface area contributed by atoms with Crippen molar-refractivity contribution in [3.63, 3.8) is 0 Å². The molecule has 0 saturated carbocycles. The number of thioether (sulfide) groups is 1. The molecule has 1 heterocycles. The minimum atomic E-state index is -0.0348. The van der Waals surface area contributed by atoms with Gasteiger partial charge in [-0.1, -0.05) is 12.1 Å². The fourth-order valence-corrected chi connectivity index (χ4v) is 4.47. The number of carbonyl (C=O) groups is 1. The molecule has 2 aromatic rings. The molecular weight excluding hydrogens is 378 g/mol. The number of hydrogen-bond donors (Lipinski definition) is 0. The summed E-state index contributed by atoms with van der Waals surface area (Å²) in [5.74, 6) is 3.36. The third-order valence-corrected chi connectivity index (χ3v) is 6.01. The smallest absolute Gasteiger partial charge is 0.233 e. The summed E-state index contributed by atoms with van der Waals surface area (Å²) in [5.41, 5.74) is 2.12. The van der Waals surface area contributed by atoms with E-state index in [9.17, 15) is 4.79 Å². The molecule has 150 valence electrons. The first-order valence-corrected chi connectivity index (χ1v) is 10.00. The van der Waals surface area contributed by atoms with Crippen LogP contribution >= 0.6 is 11.8 Å². The SMILES string of the molecule is COc1ccc(CCN2C(=O)CS[C@H]2c2ccc(OC)c(OC)c2)cc1OC. The minimum Gasteiger partial charge on any atom is -0.493 e. The predicted octanol–water partition coefficient (Wildman–Crippen LogP) is 3.54. The molecule has 0 aromatic heterocycles. The molecule has 1 aliphatic rings. The summed E-state index contributed by atoms with van der Waals surface area (Å²) >= 11 is 1.63. The lowest BCUT2D eigenvalue weighted by Gasteiger charge is -2.25. The van der Waals surface area contributed by atoms with Gasteiger partial charge in [0, 0.05) is 6.54 Å². The Labute approximate surface area is 169 Å². The van der Waals surface area contributed by atoms with Gasteiger partial charge in [0.2, 0.25) is 5.91 Å². The van der Waals surface area contributed by atoms with Crippen molar-refractivity contribution in [1.82, 2.24) is 4.90 Å². The van der Waals surface area contributed by atoms with E-state index in [1.54, 1.807) is 40.2 Å². The van der Waals surface area contributed by atoms with E-state index in [1.807, 2.05) is 41.3 Å². The van der Waals surface area contributed by atoms with Gasteiger partial charge in [-0.25, -0.2) is 0 Å². The second-order valence-corrected chi connectivity index (χ2v) is 7.37. The Morgan fingerprint density at radius 2 is 1.50 bits per heavy atom. The normalized spacial score (nSPS) is 16.2. The van der Waals surface area contributed by atoms with Gasteiger partial charge in [0.05, 0.1) is 34.2 Å². The zero-order valence-electron chi connectivity index (χ0n) is 16.6. The summed E-state index contributed by atoms with van der Waals surface area (Å²) < 4.78 is 21.4. The third kappa shape index (κ3) is 4.14. The number of carbonyl (C=O) groups excluding carboxylic acids is 1. The molecule has 0 aliphatic carbocycles. The number of ether oxygens (including phenoxy) is 4. The Bertz CT molecular complexity index is 842. The standard InChI is InChI=1S/C21H25NO5S/c1-24-16-7-5-14(11-18(16)26-3)9-10-22-20(23)13-28-21(22)15-6-8-17(25-2)19(12-15)27-4/h5-8,11-12,21H,9-10,13H2,1-4H3/t21-/m0/s1. The molecule has 1 aliphatic heterocycles. The van der Waals surface area contributed by atoms with Crippen LogP contribution in [0.5, 0.6) is 23.0 Å². The molecule has 0 spiro atoms. The zero-order chi connectivity index (χ0) is 20.1. The highest BCUT2D eigenvalue weighted by Gasteiger charge is 2.33. The number of benzene rings is 2. The van der Waals surface area contributed by atoms with E-state index < -0.39 is 0 Å². The average molecular weight is 404 g/mol. The second-order valence-electron chi connectivity index (χ2n) is 6.30. The number of rotatable bonds is 8. The predicted molar refractivity (Wildman–Crippen MR) is 110 cm³/mol. The first-order chi connectivity index (χ1) is 13.6. The summed E-state index contributed by atoms with van der Waals surface area (Å²) in [5, 5.41) is -0.0348. The van der Waals surface area contributed by atoms with E-state index in [0.717, 1.165) is 17.5 Å². The van der Waals surface area contributed by atoms with Crippen molar-refractivity contribution >= 4 is 17.7 Å². The van der Waals surface area contributed by atoms with Crippen LogP contribution in [0.4, 0.5) is 0 Å². The van der Waals surface area contributed by atoms with Crippen molar-refractivity contribution in [3.05, 3.63) is 47.5 Å². The van der Waals surface area contributed by atoms with Crippen molar-refractivity contribution in [2.45, 2.75) is 11.8 Å². The Hall–Kier alpha value is -2.54. The lowest BCUT2D eigenvalue weighted by atomic mass is 10.1. The van der Waals surface area contributed by atoms with Gasteiger partial charge in [-0.2, -0.15) is 0 Å². The van der Waals surface area contributed by atoms with E-state index in [2.05, 4.69) is 0 Å². The molecule has 3 rings (SSSR count). The summed E-state index contributed by atoms with van der Waals surface area (Å²) in [6.07, 6.45) is 0.733. The van der Waals surface area contributed by atoms with Gasteiger partial charge in [0.15, 0.2) is 23.0 Å². The Kier molecular flexibility index (Phi) is 6.57. The highest BCUT2D eigenvalue weighted by atomic mass is 32.2. The molecule has 1 amide bonds. The number of amides is 1. The Morgan fingerprint density at radius 3 is 2.14 bits per heavy atom. The van der Waals surface area contributed by atoms with Crippen LogP contribution in [0.1, 0.15) is 16.5 Å². The van der Waals surface area contributed by atoms with Crippen LogP contribution in [0.15, 0.2) is 36.4 Å². The molecule has 0 unspecified atom stereocenters. The maximum atomic E-state index is 12.5. The molecule has 28 heavy (non-hydrogen) atoms. The Morgan fingerprint density at radius 1 is 0.893 bits per heavy atom. The number of methoxy groups -OCH3 is 4. The van der Waals surface area contributed by atoms with Crippen LogP contribution in [0, 0.1) is 0 Å². The highest BCUT2D eigenvalue weighted by molar-refractivity contribution is 8.00. The molecule has 1 fully saturated rings. The van der Waals surface area contributed by atoms with Crippen molar-refractivity contribution in [3.8, 4) is 23.0 Å². The van der Waals surface area contributed by atoms with Crippen LogP contribution in [-0.4, -0.2) is 51.5 Å². The van der Waals surface area contributed by atoms with Gasteiger partial charge in [-0.15, -0.1) is 11.8 Å². The molecule has 7 heteroatoms. The van der Waals surface area contributed by atoms with Crippen molar-refractivity contribution < 1.29 is 23.7 Å². The van der Waals surface area contributed by atoms with Crippen molar-refractivity contribution in [2.75, 3.05) is 40.7 Å². The largest absolute Gasteiger partial charge is 0.493 e. The van der Waals surface area contributed by atoms with Gasteiger partial charge in [-0.3, -0.25) is 4.79 Å². The average Bonchev–Trinajstić information content (AvgIpc) is 3.11. The molecule has 2 aromatic carbocycles. The monoisotopic (exact) mass is 403 g/mol. The fraction of sp³-hybridized carbons (Fsp3) is 0.381. The molecule has 0 bridgehead atoms. The summed E-state index contributed by atoms with van der Waals surface area (Å²) in [6.45, 7) is 0.625. The lowest BCUT2D eigenvalue weighted by Crippen LogP contribution is -2.30. The summed E-state index contributed by atoms with van der Waals surface area (Å²) in [4.78, 5) is 14.4. The molecule has 6 nitrogen and oxygen atoms in total. The summed E-state index contributed by atoms with van der Waals surface area (Å²) in [6, 6.07) is 11.7.